The molecule has 1 aliphatic rings. The molecule has 92 valence electrons. The highest BCUT2D eigenvalue weighted by Gasteiger charge is 2.19. The minimum Gasteiger partial charge on any atom is -0.383 e. The molecule has 5 heteroatoms. The molecule has 0 saturated carbocycles. The molecule has 0 amide bonds. The van der Waals surface area contributed by atoms with Gasteiger partial charge in [0.25, 0.3) is 0 Å². The third-order valence-corrected chi connectivity index (χ3v) is 4.03. The van der Waals surface area contributed by atoms with Crippen LogP contribution in [0.4, 0.5) is 5.82 Å². The standard InChI is InChI=1S/C13H11BrClN3/c14-10-6-7(15)4-5-8(10)13-17-11-3-1-2-9(11)12(16)18-13/h4-6H,1-3H2,(H2,16,17,18). The van der Waals surface area contributed by atoms with Crippen LogP contribution in [-0.2, 0) is 12.8 Å². The van der Waals surface area contributed by atoms with Crippen molar-refractivity contribution in [3.8, 4) is 11.4 Å². The Labute approximate surface area is 119 Å². The van der Waals surface area contributed by atoms with Crippen LogP contribution in [0.1, 0.15) is 17.7 Å². The minimum absolute atomic E-state index is 0.606. The third-order valence-electron chi connectivity index (χ3n) is 3.14. The third kappa shape index (κ3) is 1.99. The summed E-state index contributed by atoms with van der Waals surface area (Å²) in [5.74, 6) is 1.27. The predicted molar refractivity (Wildman–Crippen MR) is 76.6 cm³/mol. The Morgan fingerprint density at radius 2 is 2.06 bits per heavy atom. The number of nitrogen functional groups attached to an aromatic ring is 1. The molecule has 1 aromatic heterocycles. The highest BCUT2D eigenvalue weighted by Crippen LogP contribution is 2.32. The summed E-state index contributed by atoms with van der Waals surface area (Å²) in [7, 11) is 0. The molecule has 0 spiro atoms. The van der Waals surface area contributed by atoms with Gasteiger partial charge in [-0.2, -0.15) is 0 Å². The van der Waals surface area contributed by atoms with Crippen LogP contribution in [0.5, 0.6) is 0 Å². The molecule has 0 bridgehead atoms. The van der Waals surface area contributed by atoms with Gasteiger partial charge in [0.15, 0.2) is 5.82 Å². The van der Waals surface area contributed by atoms with E-state index in [-0.39, 0.29) is 0 Å². The number of anilines is 1. The first-order valence-corrected chi connectivity index (χ1v) is 6.93. The normalized spacial score (nSPS) is 13.7. The van der Waals surface area contributed by atoms with Gasteiger partial charge in [0.2, 0.25) is 0 Å². The summed E-state index contributed by atoms with van der Waals surface area (Å²) < 4.78 is 0.882. The van der Waals surface area contributed by atoms with Gasteiger partial charge >= 0.3 is 0 Å². The van der Waals surface area contributed by atoms with Crippen molar-refractivity contribution in [2.24, 2.45) is 0 Å². The van der Waals surface area contributed by atoms with E-state index in [1.165, 1.54) is 0 Å². The molecule has 0 atom stereocenters. The lowest BCUT2D eigenvalue weighted by Gasteiger charge is -2.08. The van der Waals surface area contributed by atoms with Crippen LogP contribution < -0.4 is 5.73 Å². The van der Waals surface area contributed by atoms with Crippen molar-refractivity contribution < 1.29 is 0 Å². The topological polar surface area (TPSA) is 51.8 Å². The summed E-state index contributed by atoms with van der Waals surface area (Å²) in [5, 5.41) is 0.680. The maximum absolute atomic E-state index is 6.00. The van der Waals surface area contributed by atoms with Gasteiger partial charge in [-0.15, -0.1) is 0 Å². The molecule has 2 aromatic rings. The predicted octanol–water partition coefficient (Wildman–Crippen LogP) is 3.63. The number of benzene rings is 1. The maximum atomic E-state index is 6.00. The number of aryl methyl sites for hydroxylation is 1. The Hall–Kier alpha value is -1.13. The summed E-state index contributed by atoms with van der Waals surface area (Å²) in [4.78, 5) is 9.01. The number of nitrogens with two attached hydrogens (primary N) is 1. The largest absolute Gasteiger partial charge is 0.383 e. The van der Waals surface area contributed by atoms with E-state index in [0.717, 1.165) is 40.6 Å². The molecule has 3 rings (SSSR count). The van der Waals surface area contributed by atoms with Crippen molar-refractivity contribution >= 4 is 33.3 Å². The van der Waals surface area contributed by atoms with E-state index in [1.54, 1.807) is 0 Å². The average molecular weight is 325 g/mol. The quantitative estimate of drug-likeness (QED) is 0.871. The second-order valence-corrected chi connectivity index (χ2v) is 5.63. The van der Waals surface area contributed by atoms with Crippen LogP contribution in [-0.4, -0.2) is 9.97 Å². The van der Waals surface area contributed by atoms with Crippen LogP contribution in [0.25, 0.3) is 11.4 Å². The number of hydrogen-bond donors (Lipinski definition) is 1. The number of fused-ring (bicyclic) bond motifs is 1. The van der Waals surface area contributed by atoms with Gasteiger partial charge in [-0.1, -0.05) is 11.6 Å². The van der Waals surface area contributed by atoms with Gasteiger partial charge < -0.3 is 5.73 Å². The van der Waals surface area contributed by atoms with Crippen molar-refractivity contribution in [3.63, 3.8) is 0 Å². The molecule has 0 saturated heterocycles. The minimum atomic E-state index is 0.606. The lowest BCUT2D eigenvalue weighted by Crippen LogP contribution is -2.03. The summed E-state index contributed by atoms with van der Waals surface area (Å²) in [6, 6.07) is 5.57. The van der Waals surface area contributed by atoms with E-state index >= 15 is 0 Å². The van der Waals surface area contributed by atoms with Crippen LogP contribution in [0.15, 0.2) is 22.7 Å². The van der Waals surface area contributed by atoms with Crippen LogP contribution in [0.2, 0.25) is 5.02 Å². The van der Waals surface area contributed by atoms with Gasteiger partial charge in [0.05, 0.1) is 0 Å². The lowest BCUT2D eigenvalue weighted by molar-refractivity contribution is 0.900. The molecule has 1 aromatic carbocycles. The van der Waals surface area contributed by atoms with E-state index in [1.807, 2.05) is 18.2 Å². The number of halogens is 2. The number of aromatic nitrogens is 2. The number of hydrogen-bond acceptors (Lipinski definition) is 3. The van der Waals surface area contributed by atoms with Crippen molar-refractivity contribution in [2.45, 2.75) is 19.3 Å². The van der Waals surface area contributed by atoms with Gasteiger partial charge in [0, 0.05) is 26.3 Å². The first kappa shape index (κ1) is 11.9. The first-order valence-electron chi connectivity index (χ1n) is 5.76. The molecule has 0 fully saturated rings. The highest BCUT2D eigenvalue weighted by atomic mass is 79.9. The zero-order valence-electron chi connectivity index (χ0n) is 9.58. The molecule has 2 N–H and O–H groups in total. The Bertz CT molecular complexity index is 628. The molecule has 0 unspecified atom stereocenters. The monoisotopic (exact) mass is 323 g/mol. The first-order chi connectivity index (χ1) is 8.65. The van der Waals surface area contributed by atoms with Gasteiger partial charge in [-0.25, -0.2) is 9.97 Å². The Morgan fingerprint density at radius 3 is 2.83 bits per heavy atom. The lowest BCUT2D eigenvalue weighted by atomic mass is 10.2. The molecule has 0 aliphatic heterocycles. The Morgan fingerprint density at radius 1 is 1.22 bits per heavy atom. The molecule has 1 aliphatic carbocycles. The maximum Gasteiger partial charge on any atom is 0.162 e. The van der Waals surface area contributed by atoms with Gasteiger partial charge in [-0.05, 0) is 53.4 Å². The number of nitrogens with zero attached hydrogens (tertiary/aromatic N) is 2. The second kappa shape index (κ2) is 4.52. The zero-order valence-corrected chi connectivity index (χ0v) is 11.9. The van der Waals surface area contributed by atoms with E-state index in [9.17, 15) is 0 Å². The van der Waals surface area contributed by atoms with Gasteiger partial charge in [0.1, 0.15) is 5.82 Å². The average Bonchev–Trinajstić information content (AvgIpc) is 2.77. The van der Waals surface area contributed by atoms with E-state index in [4.69, 9.17) is 17.3 Å². The zero-order chi connectivity index (χ0) is 12.7. The van der Waals surface area contributed by atoms with E-state index in [0.29, 0.717) is 16.7 Å². The van der Waals surface area contributed by atoms with Crippen molar-refractivity contribution in [1.29, 1.82) is 0 Å². The fourth-order valence-corrected chi connectivity index (χ4v) is 3.11. The van der Waals surface area contributed by atoms with Crippen molar-refractivity contribution in [2.75, 3.05) is 5.73 Å². The molecule has 18 heavy (non-hydrogen) atoms. The summed E-state index contributed by atoms with van der Waals surface area (Å²) >= 11 is 9.42. The Balaban J connectivity index is 2.15. The fourth-order valence-electron chi connectivity index (χ4n) is 2.25. The van der Waals surface area contributed by atoms with Crippen molar-refractivity contribution in [1.82, 2.24) is 9.97 Å². The summed E-state index contributed by atoms with van der Waals surface area (Å²) in [5.41, 5.74) is 9.11. The van der Waals surface area contributed by atoms with Crippen molar-refractivity contribution in [3.05, 3.63) is 39.0 Å². The van der Waals surface area contributed by atoms with Crippen LogP contribution >= 0.6 is 27.5 Å². The highest BCUT2D eigenvalue weighted by molar-refractivity contribution is 9.10. The second-order valence-electron chi connectivity index (χ2n) is 4.34. The number of rotatable bonds is 1. The molecule has 0 radical (unpaired) electrons. The molecular weight excluding hydrogens is 314 g/mol. The SMILES string of the molecule is Nc1nc(-c2ccc(Cl)cc2Br)nc2c1CCC2. The molecular formula is C13H11BrClN3. The van der Waals surface area contributed by atoms with Gasteiger partial charge in [-0.3, -0.25) is 0 Å². The smallest absolute Gasteiger partial charge is 0.162 e. The molecule has 3 nitrogen and oxygen atoms in total. The fraction of sp³-hybridized carbons (Fsp3) is 0.231. The van der Waals surface area contributed by atoms with E-state index < -0.39 is 0 Å². The summed E-state index contributed by atoms with van der Waals surface area (Å²) in [6.07, 6.45) is 3.09. The van der Waals surface area contributed by atoms with Crippen LogP contribution in [0.3, 0.4) is 0 Å². The Kier molecular flexibility index (Phi) is 2.99. The van der Waals surface area contributed by atoms with Crippen LogP contribution in [0, 0.1) is 0 Å². The molecule has 1 heterocycles. The summed E-state index contributed by atoms with van der Waals surface area (Å²) in [6.45, 7) is 0. The van der Waals surface area contributed by atoms with E-state index in [2.05, 4.69) is 25.9 Å².